The highest BCUT2D eigenvalue weighted by Gasteiger charge is 2.10. The fraction of sp³-hybridized carbons (Fsp3) is 0.0769. The van der Waals surface area contributed by atoms with E-state index in [0.29, 0.717) is 18.4 Å². The van der Waals surface area contributed by atoms with Gasteiger partial charge in [0.1, 0.15) is 30.3 Å². The number of furan rings is 1. The van der Waals surface area contributed by atoms with Crippen LogP contribution in [-0.4, -0.2) is 17.1 Å². The lowest BCUT2D eigenvalue weighted by molar-refractivity contribution is 0.306. The van der Waals surface area contributed by atoms with Gasteiger partial charge in [0.05, 0.1) is 12.6 Å². The maximum atomic E-state index is 5.87. The van der Waals surface area contributed by atoms with Gasteiger partial charge in [-0.3, -0.25) is 0 Å². The molecule has 0 spiro atoms. The summed E-state index contributed by atoms with van der Waals surface area (Å²) in [7, 11) is 1.58. The maximum Gasteiger partial charge on any atom is 0.284 e. The highest BCUT2D eigenvalue weighted by molar-refractivity contribution is 5.93. The van der Waals surface area contributed by atoms with E-state index in [4.69, 9.17) is 13.9 Å². The van der Waals surface area contributed by atoms with E-state index < -0.39 is 0 Å². The van der Waals surface area contributed by atoms with Crippen LogP contribution in [0.3, 0.4) is 0 Å². The van der Waals surface area contributed by atoms with Crippen LogP contribution in [0.15, 0.2) is 95.7 Å². The minimum Gasteiger partial charge on any atom is -0.489 e. The van der Waals surface area contributed by atoms with Crippen molar-refractivity contribution in [1.82, 2.24) is 9.97 Å². The number of anilines is 2. The summed E-state index contributed by atoms with van der Waals surface area (Å²) in [4.78, 5) is 8.83. The smallest absolute Gasteiger partial charge is 0.284 e. The minimum absolute atomic E-state index is 0.470. The number of aromatic nitrogens is 2. The predicted octanol–water partition coefficient (Wildman–Crippen LogP) is 6.22. The molecular weight excluding hydrogens is 402 g/mol. The minimum atomic E-state index is 0.470. The number of hydrogen-bond donors (Lipinski definition) is 1. The molecule has 2 aromatic heterocycles. The van der Waals surface area contributed by atoms with E-state index in [-0.39, 0.29) is 0 Å². The zero-order valence-corrected chi connectivity index (χ0v) is 17.5. The Morgan fingerprint density at radius 2 is 1.72 bits per heavy atom. The monoisotopic (exact) mass is 423 g/mol. The van der Waals surface area contributed by atoms with Gasteiger partial charge >= 0.3 is 0 Å². The second kappa shape index (κ2) is 8.81. The molecule has 2 heterocycles. The van der Waals surface area contributed by atoms with Gasteiger partial charge in [-0.1, -0.05) is 30.3 Å². The molecule has 6 heteroatoms. The van der Waals surface area contributed by atoms with Gasteiger partial charge in [0.2, 0.25) is 0 Å². The molecule has 3 aromatic carbocycles. The van der Waals surface area contributed by atoms with E-state index in [1.165, 1.54) is 0 Å². The highest BCUT2D eigenvalue weighted by Crippen LogP contribution is 2.31. The van der Waals surface area contributed by atoms with Crippen LogP contribution in [0, 0.1) is 0 Å². The first kappa shape index (κ1) is 19.6. The zero-order valence-electron chi connectivity index (χ0n) is 17.5. The van der Waals surface area contributed by atoms with E-state index in [0.717, 1.165) is 39.2 Å². The Labute approximate surface area is 185 Å². The third kappa shape index (κ3) is 4.25. The van der Waals surface area contributed by atoms with E-state index >= 15 is 0 Å². The standard InChI is InChI=1S/C26H21N3O3/c1-30-25-14-13-24(32-25)19-7-12-23-22(15-19)26(28-17-27-23)29-20-8-10-21(11-9-20)31-16-18-5-3-2-4-6-18/h2-15,17H,16H2,1H3,(H,27,28,29). The van der Waals surface area contributed by atoms with E-state index in [9.17, 15) is 0 Å². The molecule has 0 aliphatic rings. The first-order valence-corrected chi connectivity index (χ1v) is 10.2. The number of rotatable bonds is 7. The molecule has 32 heavy (non-hydrogen) atoms. The Morgan fingerprint density at radius 3 is 2.50 bits per heavy atom. The lowest BCUT2D eigenvalue weighted by atomic mass is 10.1. The quantitative estimate of drug-likeness (QED) is 0.335. The molecule has 0 atom stereocenters. The predicted molar refractivity (Wildman–Crippen MR) is 124 cm³/mol. The molecule has 0 bridgehead atoms. The highest BCUT2D eigenvalue weighted by atomic mass is 16.6. The molecule has 0 unspecified atom stereocenters. The Kier molecular flexibility index (Phi) is 5.41. The maximum absolute atomic E-state index is 5.87. The van der Waals surface area contributed by atoms with E-state index in [2.05, 4.69) is 15.3 Å². The van der Waals surface area contributed by atoms with E-state index in [1.54, 1.807) is 19.5 Å². The Bertz CT molecular complexity index is 1330. The number of ether oxygens (including phenoxy) is 2. The van der Waals surface area contributed by atoms with Crippen LogP contribution in [0.4, 0.5) is 11.5 Å². The van der Waals surface area contributed by atoms with Crippen molar-refractivity contribution in [3.8, 4) is 23.0 Å². The number of fused-ring (bicyclic) bond motifs is 1. The molecular formula is C26H21N3O3. The van der Waals surface area contributed by atoms with Crippen molar-refractivity contribution in [3.05, 3.63) is 96.8 Å². The molecule has 0 radical (unpaired) electrons. The number of hydrogen-bond acceptors (Lipinski definition) is 6. The van der Waals surface area contributed by atoms with Gasteiger partial charge in [-0.2, -0.15) is 0 Å². The molecule has 1 N–H and O–H groups in total. The molecule has 0 aliphatic heterocycles. The summed E-state index contributed by atoms with van der Waals surface area (Å²) in [6.07, 6.45) is 1.55. The van der Waals surface area contributed by atoms with Crippen LogP contribution in [-0.2, 0) is 6.61 Å². The van der Waals surface area contributed by atoms with Gasteiger partial charge in [-0.15, -0.1) is 0 Å². The summed E-state index contributed by atoms with van der Waals surface area (Å²) >= 11 is 0. The third-order valence-corrected chi connectivity index (χ3v) is 5.07. The fourth-order valence-electron chi connectivity index (χ4n) is 3.41. The topological polar surface area (TPSA) is 69.4 Å². The van der Waals surface area contributed by atoms with Crippen molar-refractivity contribution >= 4 is 22.4 Å². The molecule has 0 saturated heterocycles. The van der Waals surface area contributed by atoms with Crippen molar-refractivity contribution in [1.29, 1.82) is 0 Å². The molecule has 5 aromatic rings. The Balaban J connectivity index is 1.35. The van der Waals surface area contributed by atoms with Crippen molar-refractivity contribution in [3.63, 3.8) is 0 Å². The summed E-state index contributed by atoms with van der Waals surface area (Å²) in [6, 6.07) is 27.5. The first-order chi connectivity index (χ1) is 15.8. The average molecular weight is 423 g/mol. The lowest BCUT2D eigenvalue weighted by Crippen LogP contribution is -1.97. The zero-order chi connectivity index (χ0) is 21.8. The van der Waals surface area contributed by atoms with Crippen LogP contribution in [0.5, 0.6) is 11.7 Å². The van der Waals surface area contributed by atoms with Gasteiger partial charge in [-0.25, -0.2) is 9.97 Å². The van der Waals surface area contributed by atoms with Gasteiger partial charge in [-0.05, 0) is 54.1 Å². The first-order valence-electron chi connectivity index (χ1n) is 10.2. The average Bonchev–Trinajstić information content (AvgIpc) is 3.34. The summed E-state index contributed by atoms with van der Waals surface area (Å²) in [5.74, 6) is 2.71. The van der Waals surface area contributed by atoms with Crippen LogP contribution in [0.2, 0.25) is 0 Å². The van der Waals surface area contributed by atoms with Crippen molar-refractivity contribution < 1.29 is 13.9 Å². The number of nitrogens with one attached hydrogen (secondary N) is 1. The van der Waals surface area contributed by atoms with Gasteiger partial charge in [0, 0.05) is 22.7 Å². The third-order valence-electron chi connectivity index (χ3n) is 5.07. The number of methoxy groups -OCH3 is 1. The molecule has 158 valence electrons. The Hall–Kier alpha value is -4.32. The molecule has 5 rings (SSSR count). The van der Waals surface area contributed by atoms with Crippen LogP contribution < -0.4 is 14.8 Å². The van der Waals surface area contributed by atoms with Crippen LogP contribution >= 0.6 is 0 Å². The van der Waals surface area contributed by atoms with Crippen molar-refractivity contribution in [2.45, 2.75) is 6.61 Å². The molecule has 0 fully saturated rings. The second-order valence-electron chi connectivity index (χ2n) is 7.20. The van der Waals surface area contributed by atoms with Crippen molar-refractivity contribution in [2.24, 2.45) is 0 Å². The summed E-state index contributed by atoms with van der Waals surface area (Å²) < 4.78 is 16.7. The Morgan fingerprint density at radius 1 is 0.875 bits per heavy atom. The largest absolute Gasteiger partial charge is 0.489 e. The normalized spacial score (nSPS) is 10.8. The summed E-state index contributed by atoms with van der Waals surface area (Å²) in [5, 5.41) is 4.27. The number of nitrogens with zero attached hydrogens (tertiary/aromatic N) is 2. The summed E-state index contributed by atoms with van der Waals surface area (Å²) in [6.45, 7) is 0.532. The fourth-order valence-corrected chi connectivity index (χ4v) is 3.41. The van der Waals surface area contributed by atoms with E-state index in [1.807, 2.05) is 78.9 Å². The van der Waals surface area contributed by atoms with Gasteiger partial charge < -0.3 is 19.2 Å². The van der Waals surface area contributed by atoms with Crippen LogP contribution in [0.25, 0.3) is 22.2 Å². The summed E-state index contributed by atoms with van der Waals surface area (Å²) in [5.41, 5.74) is 3.80. The lowest BCUT2D eigenvalue weighted by Gasteiger charge is -2.11. The van der Waals surface area contributed by atoms with Crippen molar-refractivity contribution in [2.75, 3.05) is 12.4 Å². The number of benzene rings is 3. The second-order valence-corrected chi connectivity index (χ2v) is 7.20. The molecule has 6 nitrogen and oxygen atoms in total. The SMILES string of the molecule is COc1ccc(-c2ccc3ncnc(Nc4ccc(OCc5ccccc5)cc4)c3c2)o1. The van der Waals surface area contributed by atoms with Gasteiger partial charge in [0.15, 0.2) is 0 Å². The van der Waals surface area contributed by atoms with Gasteiger partial charge in [0.25, 0.3) is 5.95 Å². The molecule has 0 saturated carbocycles. The van der Waals surface area contributed by atoms with Crippen LogP contribution in [0.1, 0.15) is 5.56 Å². The molecule has 0 aliphatic carbocycles. The molecule has 0 amide bonds.